The molecule has 0 saturated heterocycles. The third-order valence-electron chi connectivity index (χ3n) is 2.51. The maximum absolute atomic E-state index is 4.26. The van der Waals surface area contributed by atoms with Crippen LogP contribution in [0.25, 0.3) is 0 Å². The van der Waals surface area contributed by atoms with Gasteiger partial charge in [0.25, 0.3) is 0 Å². The Kier molecular flexibility index (Phi) is 6.42. The molecule has 0 radical (unpaired) electrons. The van der Waals surface area contributed by atoms with Crippen molar-refractivity contribution in [2.24, 2.45) is 0 Å². The van der Waals surface area contributed by atoms with Gasteiger partial charge in [0.15, 0.2) is 5.16 Å². The largest absolute Gasteiger partial charge is 0.313 e. The lowest BCUT2D eigenvalue weighted by Gasteiger charge is -2.13. The summed E-state index contributed by atoms with van der Waals surface area (Å²) < 4.78 is 0. The summed E-state index contributed by atoms with van der Waals surface area (Å²) in [5.41, 5.74) is 1.11. The van der Waals surface area contributed by atoms with Crippen LogP contribution in [0, 0.1) is 6.92 Å². The van der Waals surface area contributed by atoms with Crippen molar-refractivity contribution in [3.63, 3.8) is 0 Å². The first-order chi connectivity index (χ1) is 7.76. The van der Waals surface area contributed by atoms with E-state index in [1.54, 1.807) is 11.8 Å². The molecule has 1 aromatic rings. The van der Waals surface area contributed by atoms with Crippen molar-refractivity contribution in [2.75, 3.05) is 12.3 Å². The summed E-state index contributed by atoms with van der Waals surface area (Å²) in [6, 6.07) is 0.652. The highest BCUT2D eigenvalue weighted by atomic mass is 32.2. The van der Waals surface area contributed by atoms with Crippen LogP contribution >= 0.6 is 11.8 Å². The molecule has 0 aliphatic rings. The van der Waals surface area contributed by atoms with Gasteiger partial charge in [-0.3, -0.25) is 0 Å². The van der Waals surface area contributed by atoms with Crippen molar-refractivity contribution in [1.29, 1.82) is 0 Å². The average Bonchev–Trinajstić information content (AvgIpc) is 2.32. The summed E-state index contributed by atoms with van der Waals surface area (Å²) >= 11 is 1.71. The normalized spacial score (nSPS) is 11.0. The molecule has 90 valence electrons. The highest BCUT2D eigenvalue weighted by molar-refractivity contribution is 7.99. The number of hydrogen-bond donors (Lipinski definition) is 1. The van der Waals surface area contributed by atoms with E-state index in [0.29, 0.717) is 6.04 Å². The van der Waals surface area contributed by atoms with Crippen LogP contribution in [-0.2, 0) is 0 Å². The van der Waals surface area contributed by atoms with Crippen LogP contribution < -0.4 is 5.32 Å². The predicted octanol–water partition coefficient (Wildman–Crippen LogP) is 2.66. The number of nitrogens with one attached hydrogen (secondary N) is 1. The molecule has 1 aromatic heterocycles. The van der Waals surface area contributed by atoms with Gasteiger partial charge in [0.2, 0.25) is 0 Å². The molecular weight excluding hydrogens is 218 g/mol. The molecule has 0 unspecified atom stereocenters. The van der Waals surface area contributed by atoms with Gasteiger partial charge in [0, 0.05) is 30.7 Å². The zero-order valence-electron chi connectivity index (χ0n) is 10.4. The van der Waals surface area contributed by atoms with E-state index in [1.165, 1.54) is 12.8 Å². The number of nitrogens with zero attached hydrogens (tertiary/aromatic N) is 2. The van der Waals surface area contributed by atoms with E-state index in [1.807, 2.05) is 19.3 Å². The van der Waals surface area contributed by atoms with E-state index in [9.17, 15) is 0 Å². The molecule has 0 spiro atoms. The summed E-state index contributed by atoms with van der Waals surface area (Å²) in [5, 5.41) is 4.40. The molecule has 0 aliphatic heterocycles. The van der Waals surface area contributed by atoms with Gasteiger partial charge in [-0.15, -0.1) is 0 Å². The molecule has 3 nitrogen and oxygen atoms in total. The molecule has 0 aromatic carbocycles. The van der Waals surface area contributed by atoms with Crippen LogP contribution in [0.4, 0.5) is 0 Å². The number of aromatic nitrogens is 2. The molecule has 4 heteroatoms. The second-order valence-corrected chi connectivity index (χ2v) is 4.92. The van der Waals surface area contributed by atoms with Crippen LogP contribution in [0.2, 0.25) is 0 Å². The van der Waals surface area contributed by atoms with E-state index >= 15 is 0 Å². The molecule has 16 heavy (non-hydrogen) atoms. The fraction of sp³-hybridized carbons (Fsp3) is 0.667. The van der Waals surface area contributed by atoms with Gasteiger partial charge < -0.3 is 5.32 Å². The van der Waals surface area contributed by atoms with Crippen LogP contribution in [0.1, 0.15) is 32.3 Å². The Balaban J connectivity index is 2.18. The minimum atomic E-state index is 0.652. The Morgan fingerprint density at radius 2 is 1.88 bits per heavy atom. The minimum absolute atomic E-state index is 0.652. The lowest BCUT2D eigenvalue weighted by atomic mass is 10.2. The fourth-order valence-electron chi connectivity index (χ4n) is 1.44. The Morgan fingerprint density at radius 1 is 1.25 bits per heavy atom. The summed E-state index contributed by atoms with van der Waals surface area (Å²) in [4.78, 5) is 8.52. The van der Waals surface area contributed by atoms with Crippen LogP contribution in [0.3, 0.4) is 0 Å². The van der Waals surface area contributed by atoms with Gasteiger partial charge in [-0.05, 0) is 25.3 Å². The Hall–Kier alpha value is -0.610. The molecule has 0 saturated carbocycles. The number of thioether (sulfide) groups is 1. The van der Waals surface area contributed by atoms with Crippen LogP contribution in [-0.4, -0.2) is 28.3 Å². The van der Waals surface area contributed by atoms with Crippen molar-refractivity contribution in [3.8, 4) is 0 Å². The first-order valence-electron chi connectivity index (χ1n) is 5.91. The average molecular weight is 239 g/mol. The van der Waals surface area contributed by atoms with Gasteiger partial charge in [0.05, 0.1) is 0 Å². The monoisotopic (exact) mass is 239 g/mol. The highest BCUT2D eigenvalue weighted by Crippen LogP contribution is 2.10. The van der Waals surface area contributed by atoms with E-state index < -0.39 is 0 Å². The van der Waals surface area contributed by atoms with Crippen molar-refractivity contribution < 1.29 is 0 Å². The standard InChI is InChI=1S/C12H21N3S/c1-4-11(5-2)13-6-7-16-12-14-8-10(3)9-15-12/h8-9,11,13H,4-7H2,1-3H3. The number of hydrogen-bond acceptors (Lipinski definition) is 4. The summed E-state index contributed by atoms with van der Waals surface area (Å²) in [7, 11) is 0. The van der Waals surface area contributed by atoms with Crippen LogP contribution in [0.5, 0.6) is 0 Å². The first kappa shape index (κ1) is 13.5. The number of rotatable bonds is 7. The topological polar surface area (TPSA) is 37.8 Å². The quantitative estimate of drug-likeness (QED) is 0.451. The molecule has 0 amide bonds. The molecule has 0 bridgehead atoms. The third-order valence-corrected chi connectivity index (χ3v) is 3.39. The number of aryl methyl sites for hydroxylation is 1. The van der Waals surface area contributed by atoms with Gasteiger partial charge >= 0.3 is 0 Å². The molecule has 0 atom stereocenters. The van der Waals surface area contributed by atoms with Gasteiger partial charge in [-0.25, -0.2) is 9.97 Å². The highest BCUT2D eigenvalue weighted by Gasteiger charge is 2.02. The molecule has 1 heterocycles. The summed E-state index contributed by atoms with van der Waals surface area (Å²) in [6.45, 7) is 7.46. The summed E-state index contributed by atoms with van der Waals surface area (Å²) in [5.74, 6) is 1.03. The Bertz CT molecular complexity index is 283. The van der Waals surface area contributed by atoms with E-state index in [0.717, 1.165) is 23.0 Å². The third kappa shape index (κ3) is 4.94. The van der Waals surface area contributed by atoms with Crippen molar-refractivity contribution in [1.82, 2.24) is 15.3 Å². The maximum Gasteiger partial charge on any atom is 0.187 e. The van der Waals surface area contributed by atoms with Gasteiger partial charge in [-0.2, -0.15) is 0 Å². The van der Waals surface area contributed by atoms with E-state index in [-0.39, 0.29) is 0 Å². The zero-order valence-corrected chi connectivity index (χ0v) is 11.2. The fourth-order valence-corrected chi connectivity index (χ4v) is 2.09. The maximum atomic E-state index is 4.26. The second-order valence-electron chi connectivity index (χ2n) is 3.86. The predicted molar refractivity (Wildman–Crippen MR) is 69.9 cm³/mol. The SMILES string of the molecule is CCC(CC)NCCSc1ncc(C)cn1. The lowest BCUT2D eigenvalue weighted by molar-refractivity contribution is 0.501. The smallest absolute Gasteiger partial charge is 0.187 e. The minimum Gasteiger partial charge on any atom is -0.313 e. The molecule has 1 N–H and O–H groups in total. The van der Waals surface area contributed by atoms with Crippen molar-refractivity contribution >= 4 is 11.8 Å². The second kappa shape index (κ2) is 7.63. The van der Waals surface area contributed by atoms with Crippen molar-refractivity contribution in [3.05, 3.63) is 18.0 Å². The Morgan fingerprint density at radius 3 is 2.44 bits per heavy atom. The van der Waals surface area contributed by atoms with Crippen molar-refractivity contribution in [2.45, 2.75) is 44.8 Å². The molecule has 1 rings (SSSR count). The molecule has 0 aliphatic carbocycles. The molecule has 0 fully saturated rings. The van der Waals surface area contributed by atoms with E-state index in [4.69, 9.17) is 0 Å². The Labute approximate surface area is 102 Å². The van der Waals surface area contributed by atoms with Gasteiger partial charge in [-0.1, -0.05) is 25.6 Å². The lowest BCUT2D eigenvalue weighted by Crippen LogP contribution is -2.29. The zero-order chi connectivity index (χ0) is 11.8. The summed E-state index contributed by atoms with van der Waals surface area (Å²) in [6.07, 6.45) is 6.12. The van der Waals surface area contributed by atoms with Crippen LogP contribution in [0.15, 0.2) is 17.6 Å². The van der Waals surface area contributed by atoms with Gasteiger partial charge in [0.1, 0.15) is 0 Å². The first-order valence-corrected chi connectivity index (χ1v) is 6.89. The molecular formula is C12H21N3S. The van der Waals surface area contributed by atoms with E-state index in [2.05, 4.69) is 29.1 Å².